The molecule has 0 saturated carbocycles. The first-order valence-electron chi connectivity index (χ1n) is 7.78. The molecule has 0 aliphatic carbocycles. The summed E-state index contributed by atoms with van der Waals surface area (Å²) in [5, 5.41) is 2.70. The van der Waals surface area contributed by atoms with E-state index in [0.717, 1.165) is 0 Å². The molecule has 1 aliphatic rings. The Kier molecular flexibility index (Phi) is 5.37. The molecule has 0 spiro atoms. The minimum Gasteiger partial charge on any atom is -0.380 e. The van der Waals surface area contributed by atoms with Crippen LogP contribution in [0.3, 0.4) is 0 Å². The summed E-state index contributed by atoms with van der Waals surface area (Å²) >= 11 is 0. The van der Waals surface area contributed by atoms with E-state index in [1.165, 1.54) is 18.5 Å². The van der Waals surface area contributed by atoms with E-state index in [9.17, 15) is 13.2 Å². The van der Waals surface area contributed by atoms with Crippen molar-refractivity contribution in [1.82, 2.24) is 20.0 Å². The molecule has 0 radical (unpaired) electrons. The van der Waals surface area contributed by atoms with Crippen LogP contribution in [0.1, 0.15) is 22.5 Å². The van der Waals surface area contributed by atoms with Crippen molar-refractivity contribution < 1.29 is 17.9 Å². The summed E-state index contributed by atoms with van der Waals surface area (Å²) in [7, 11) is -3.70. The lowest BCUT2D eigenvalue weighted by Gasteiger charge is -2.12. The number of benzene rings is 1. The highest BCUT2D eigenvalue weighted by atomic mass is 32.2. The van der Waals surface area contributed by atoms with Crippen LogP contribution in [0.15, 0.2) is 47.8 Å². The first kappa shape index (κ1) is 17.5. The van der Waals surface area contributed by atoms with E-state index in [1.54, 1.807) is 24.4 Å². The third-order valence-electron chi connectivity index (χ3n) is 3.73. The molecule has 2 aromatic rings. The van der Waals surface area contributed by atoms with Gasteiger partial charge in [-0.3, -0.25) is 4.79 Å². The van der Waals surface area contributed by atoms with Crippen molar-refractivity contribution in [3.05, 3.63) is 54.1 Å². The van der Waals surface area contributed by atoms with Crippen LogP contribution in [-0.4, -0.2) is 43.5 Å². The van der Waals surface area contributed by atoms with Gasteiger partial charge < -0.3 is 10.1 Å². The van der Waals surface area contributed by atoms with Crippen molar-refractivity contribution in [3.8, 4) is 0 Å². The zero-order valence-corrected chi connectivity index (χ0v) is 14.2. The minimum atomic E-state index is -3.70. The number of ether oxygens (including phenoxy) is 1. The summed E-state index contributed by atoms with van der Waals surface area (Å²) < 4.78 is 32.6. The Morgan fingerprint density at radius 3 is 2.92 bits per heavy atom. The number of nitrogens with zero attached hydrogens (tertiary/aromatic N) is 2. The third-order valence-corrected chi connectivity index (χ3v) is 5.25. The molecule has 3 rings (SSSR count). The van der Waals surface area contributed by atoms with Gasteiger partial charge in [0.1, 0.15) is 6.33 Å². The number of sulfonamides is 1. The molecule has 0 unspecified atom stereocenters. The Hall–Kier alpha value is -2.36. The zero-order chi connectivity index (χ0) is 17.7. The Balaban J connectivity index is 1.68. The van der Waals surface area contributed by atoms with Crippen molar-refractivity contribution >= 4 is 15.9 Å². The maximum absolute atomic E-state index is 12.4. The Morgan fingerprint density at radius 2 is 2.20 bits per heavy atom. The van der Waals surface area contributed by atoms with Gasteiger partial charge in [0.05, 0.1) is 23.7 Å². The van der Waals surface area contributed by atoms with Gasteiger partial charge in [-0.25, -0.2) is 23.1 Å². The molecule has 1 fully saturated rings. The number of amides is 1. The molecule has 25 heavy (non-hydrogen) atoms. The SMILES string of the molecule is O=C(NCc1ccncn1)c1cccc(S(=O)(=O)N[C@@H]2CCOC2)c1. The second-order valence-corrected chi connectivity index (χ2v) is 7.31. The van der Waals surface area contributed by atoms with Crippen LogP contribution in [0.25, 0.3) is 0 Å². The molecule has 1 aromatic heterocycles. The molecule has 1 amide bonds. The second kappa shape index (κ2) is 7.68. The fourth-order valence-electron chi connectivity index (χ4n) is 2.41. The Labute approximate surface area is 145 Å². The molecular weight excluding hydrogens is 344 g/mol. The summed E-state index contributed by atoms with van der Waals surface area (Å²) in [6, 6.07) is 7.37. The van der Waals surface area contributed by atoms with Crippen LogP contribution < -0.4 is 10.0 Å². The number of carbonyl (C=O) groups is 1. The summed E-state index contributed by atoms with van der Waals surface area (Å²) in [6.07, 6.45) is 3.62. The Bertz CT molecular complexity index is 836. The van der Waals surface area contributed by atoms with Gasteiger partial charge in [0.15, 0.2) is 0 Å². The molecule has 1 aromatic carbocycles. The molecular formula is C16H18N4O4S. The van der Waals surface area contributed by atoms with E-state index < -0.39 is 10.0 Å². The number of aromatic nitrogens is 2. The van der Waals surface area contributed by atoms with Crippen molar-refractivity contribution in [2.24, 2.45) is 0 Å². The van der Waals surface area contributed by atoms with E-state index in [4.69, 9.17) is 4.74 Å². The van der Waals surface area contributed by atoms with Crippen molar-refractivity contribution in [2.75, 3.05) is 13.2 Å². The average molecular weight is 362 g/mol. The van der Waals surface area contributed by atoms with Crippen molar-refractivity contribution in [3.63, 3.8) is 0 Å². The number of carbonyl (C=O) groups excluding carboxylic acids is 1. The lowest BCUT2D eigenvalue weighted by atomic mass is 10.2. The molecule has 1 saturated heterocycles. The maximum atomic E-state index is 12.4. The maximum Gasteiger partial charge on any atom is 0.251 e. The summed E-state index contributed by atoms with van der Waals surface area (Å²) in [5.41, 5.74) is 0.926. The van der Waals surface area contributed by atoms with Crippen LogP contribution in [0.4, 0.5) is 0 Å². The molecule has 1 aliphatic heterocycles. The number of hydrogen-bond donors (Lipinski definition) is 2. The smallest absolute Gasteiger partial charge is 0.251 e. The highest BCUT2D eigenvalue weighted by molar-refractivity contribution is 7.89. The van der Waals surface area contributed by atoms with E-state index >= 15 is 0 Å². The predicted octanol–water partition coefficient (Wildman–Crippen LogP) is 0.474. The molecule has 0 bridgehead atoms. The van der Waals surface area contributed by atoms with E-state index in [2.05, 4.69) is 20.0 Å². The molecule has 8 nitrogen and oxygen atoms in total. The monoisotopic (exact) mass is 362 g/mol. The largest absolute Gasteiger partial charge is 0.380 e. The standard InChI is InChI=1S/C16H18N4O4S/c21-16(18-9-13-4-6-17-11-19-13)12-2-1-3-15(8-12)25(22,23)20-14-5-7-24-10-14/h1-4,6,8,11,14,20H,5,7,9-10H2,(H,18,21)/t14-/m1/s1. The Morgan fingerprint density at radius 1 is 1.32 bits per heavy atom. The number of rotatable bonds is 6. The molecule has 9 heteroatoms. The van der Waals surface area contributed by atoms with Gasteiger partial charge in [-0.2, -0.15) is 0 Å². The molecule has 1 atom stereocenters. The third kappa shape index (κ3) is 4.59. The second-order valence-electron chi connectivity index (χ2n) is 5.59. The van der Waals surface area contributed by atoms with Gasteiger partial charge in [0, 0.05) is 24.4 Å². The topological polar surface area (TPSA) is 110 Å². The van der Waals surface area contributed by atoms with Gasteiger partial charge in [-0.05, 0) is 30.7 Å². The van der Waals surface area contributed by atoms with Crippen LogP contribution in [0, 0.1) is 0 Å². The van der Waals surface area contributed by atoms with Crippen LogP contribution in [-0.2, 0) is 21.3 Å². The lowest BCUT2D eigenvalue weighted by molar-refractivity contribution is 0.0950. The van der Waals surface area contributed by atoms with E-state index in [-0.39, 0.29) is 29.0 Å². The first-order chi connectivity index (χ1) is 12.0. The number of nitrogens with one attached hydrogen (secondary N) is 2. The normalized spacial score (nSPS) is 17.4. The predicted molar refractivity (Wildman–Crippen MR) is 89.2 cm³/mol. The fourth-order valence-corrected chi connectivity index (χ4v) is 3.72. The lowest BCUT2D eigenvalue weighted by Crippen LogP contribution is -2.35. The zero-order valence-electron chi connectivity index (χ0n) is 13.4. The van der Waals surface area contributed by atoms with E-state index in [1.807, 2.05) is 0 Å². The molecule has 132 valence electrons. The highest BCUT2D eigenvalue weighted by Gasteiger charge is 2.24. The van der Waals surface area contributed by atoms with Crippen molar-refractivity contribution in [2.45, 2.75) is 23.9 Å². The summed E-state index contributed by atoms with van der Waals surface area (Å²) in [4.78, 5) is 20.1. The highest BCUT2D eigenvalue weighted by Crippen LogP contribution is 2.14. The average Bonchev–Trinajstić information content (AvgIpc) is 3.13. The van der Waals surface area contributed by atoms with Gasteiger partial charge in [0.25, 0.3) is 5.91 Å². The van der Waals surface area contributed by atoms with E-state index in [0.29, 0.717) is 25.3 Å². The first-order valence-corrected chi connectivity index (χ1v) is 9.26. The molecule has 2 heterocycles. The van der Waals surface area contributed by atoms with Crippen molar-refractivity contribution in [1.29, 1.82) is 0 Å². The van der Waals surface area contributed by atoms with Crippen LogP contribution in [0.5, 0.6) is 0 Å². The summed E-state index contributed by atoms with van der Waals surface area (Å²) in [5.74, 6) is -0.375. The van der Waals surface area contributed by atoms with Gasteiger partial charge in [0.2, 0.25) is 10.0 Å². The minimum absolute atomic E-state index is 0.0501. The quantitative estimate of drug-likeness (QED) is 0.773. The van der Waals surface area contributed by atoms with Gasteiger partial charge in [-0.15, -0.1) is 0 Å². The fraction of sp³-hybridized carbons (Fsp3) is 0.312. The number of hydrogen-bond acceptors (Lipinski definition) is 6. The van der Waals surface area contributed by atoms with Gasteiger partial charge >= 0.3 is 0 Å². The molecule has 2 N–H and O–H groups in total. The summed E-state index contributed by atoms with van der Waals surface area (Å²) in [6.45, 7) is 1.13. The van der Waals surface area contributed by atoms with Gasteiger partial charge in [-0.1, -0.05) is 6.07 Å². The van der Waals surface area contributed by atoms with Crippen LogP contribution >= 0.6 is 0 Å². The van der Waals surface area contributed by atoms with Crippen LogP contribution in [0.2, 0.25) is 0 Å².